The van der Waals surface area contributed by atoms with Crippen LogP contribution < -0.4 is 5.32 Å². The molecule has 6 nitrogen and oxygen atoms in total. The highest BCUT2D eigenvalue weighted by Gasteiger charge is 2.30. The van der Waals surface area contributed by atoms with Crippen molar-refractivity contribution >= 4 is 33.6 Å². The van der Waals surface area contributed by atoms with Crippen molar-refractivity contribution in [3.05, 3.63) is 51.3 Å². The third kappa shape index (κ3) is 4.76. The number of thiazole rings is 1. The molecule has 176 valence electrons. The molecule has 10 heteroatoms. The summed E-state index contributed by atoms with van der Waals surface area (Å²) in [5.41, 5.74) is 6.14. The van der Waals surface area contributed by atoms with E-state index < -0.39 is 12.6 Å². The summed E-state index contributed by atoms with van der Waals surface area (Å²) in [5.74, 6) is 0.502. The van der Waals surface area contributed by atoms with Gasteiger partial charge in [0.15, 0.2) is 5.82 Å². The molecule has 0 saturated carbocycles. The highest BCUT2D eigenvalue weighted by Crippen LogP contribution is 2.32. The van der Waals surface area contributed by atoms with Gasteiger partial charge in [-0.1, -0.05) is 23.5 Å². The molecule has 1 saturated heterocycles. The summed E-state index contributed by atoms with van der Waals surface area (Å²) in [6.45, 7) is 4.78. The van der Waals surface area contributed by atoms with Gasteiger partial charge >= 0.3 is 6.18 Å². The zero-order chi connectivity index (χ0) is 23.9. The van der Waals surface area contributed by atoms with Gasteiger partial charge in [0.25, 0.3) is 0 Å². The largest absolute Gasteiger partial charge is 0.395 e. The maximum Gasteiger partial charge on any atom is 0.395 e. The molecular weight excluding hydrogens is 461 g/mol. The first-order chi connectivity index (χ1) is 16.3. The van der Waals surface area contributed by atoms with Crippen molar-refractivity contribution in [3.8, 4) is 6.07 Å². The number of alkyl halides is 3. The molecule has 1 aromatic carbocycles. The van der Waals surface area contributed by atoms with E-state index in [9.17, 15) is 18.4 Å². The summed E-state index contributed by atoms with van der Waals surface area (Å²) < 4.78 is 38.3. The fourth-order valence-electron chi connectivity index (χ4n) is 4.68. The van der Waals surface area contributed by atoms with Gasteiger partial charge in [0.1, 0.15) is 21.7 Å². The quantitative estimate of drug-likeness (QED) is 0.547. The summed E-state index contributed by atoms with van der Waals surface area (Å²) in [6, 6.07) is 6.74. The van der Waals surface area contributed by atoms with Crippen molar-refractivity contribution in [3.63, 3.8) is 0 Å². The lowest BCUT2D eigenvalue weighted by atomic mass is 9.97. The third-order valence-electron chi connectivity index (χ3n) is 6.47. The standard InChI is InChI=1S/C24H23F3N6S/c1-14-17(3-2-16-8-15(11-28)9-19(14)16)12-33-6-4-18(5-7-33)31-22-21-23(30-13-29-22)34-20(32-21)10-24(25,26)27/h2-3,9,13,18H,4-8,10,12H2,1H3,(H,29,30,31). The van der Waals surface area contributed by atoms with E-state index in [0.29, 0.717) is 16.2 Å². The summed E-state index contributed by atoms with van der Waals surface area (Å²) >= 11 is 0.961. The van der Waals surface area contributed by atoms with Crippen molar-refractivity contribution < 1.29 is 13.2 Å². The molecule has 34 heavy (non-hydrogen) atoms. The lowest BCUT2D eigenvalue weighted by Crippen LogP contribution is -2.39. The first kappa shape index (κ1) is 22.7. The molecule has 0 unspecified atom stereocenters. The molecule has 2 aromatic heterocycles. The van der Waals surface area contributed by atoms with E-state index >= 15 is 0 Å². The Balaban J connectivity index is 1.22. The molecule has 0 amide bonds. The van der Waals surface area contributed by atoms with Crippen molar-refractivity contribution in [2.24, 2.45) is 0 Å². The number of anilines is 1. The van der Waals surface area contributed by atoms with E-state index in [2.05, 4.69) is 50.3 Å². The Hall–Kier alpha value is -3.03. The van der Waals surface area contributed by atoms with E-state index in [1.807, 2.05) is 6.08 Å². The number of hydrogen-bond acceptors (Lipinski definition) is 7. The lowest BCUT2D eigenvalue weighted by Gasteiger charge is -2.33. The normalized spacial score (nSPS) is 17.0. The van der Waals surface area contributed by atoms with E-state index in [1.165, 1.54) is 28.6 Å². The van der Waals surface area contributed by atoms with Gasteiger partial charge in [-0.05, 0) is 48.1 Å². The number of fused-ring (bicyclic) bond motifs is 2. The summed E-state index contributed by atoms with van der Waals surface area (Å²) in [5, 5.41) is 12.6. The number of nitriles is 1. The minimum atomic E-state index is -4.30. The van der Waals surface area contributed by atoms with Crippen LogP contribution in [0.4, 0.5) is 19.0 Å². The van der Waals surface area contributed by atoms with Gasteiger partial charge in [0.2, 0.25) is 0 Å². The molecular formula is C24H23F3N6S. The van der Waals surface area contributed by atoms with Crippen LogP contribution in [0.15, 0.2) is 24.0 Å². The molecule has 0 radical (unpaired) electrons. The smallest absolute Gasteiger partial charge is 0.365 e. The fourth-order valence-corrected chi connectivity index (χ4v) is 5.61. The number of aromatic nitrogens is 3. The first-order valence-electron chi connectivity index (χ1n) is 11.2. The van der Waals surface area contributed by atoms with E-state index in [4.69, 9.17) is 0 Å². The van der Waals surface area contributed by atoms with Crippen LogP contribution in [-0.4, -0.2) is 45.2 Å². The second-order valence-corrected chi connectivity index (χ2v) is 9.91. The Labute approximate surface area is 199 Å². The first-order valence-corrected chi connectivity index (χ1v) is 12.0. The minimum absolute atomic E-state index is 0.00215. The van der Waals surface area contributed by atoms with E-state index in [1.54, 1.807) is 0 Å². The molecule has 0 bridgehead atoms. The molecule has 0 atom stereocenters. The van der Waals surface area contributed by atoms with Crippen LogP contribution in [0, 0.1) is 18.3 Å². The van der Waals surface area contributed by atoms with Gasteiger partial charge in [-0.3, -0.25) is 4.90 Å². The lowest BCUT2D eigenvalue weighted by molar-refractivity contribution is -0.127. The van der Waals surface area contributed by atoms with Crippen molar-refractivity contribution in [1.82, 2.24) is 19.9 Å². The monoisotopic (exact) mass is 484 g/mol. The number of benzene rings is 1. The number of halogens is 3. The van der Waals surface area contributed by atoms with Gasteiger partial charge in [0, 0.05) is 37.7 Å². The molecule has 1 fully saturated rings. The average molecular weight is 485 g/mol. The second-order valence-electron chi connectivity index (χ2n) is 8.85. The maximum atomic E-state index is 12.8. The van der Waals surface area contributed by atoms with Crippen LogP contribution in [-0.2, 0) is 19.4 Å². The summed E-state index contributed by atoms with van der Waals surface area (Å²) in [6.07, 6.45) is 0.538. The maximum absolute atomic E-state index is 12.8. The van der Waals surface area contributed by atoms with Crippen molar-refractivity contribution in [2.45, 2.75) is 51.4 Å². The summed E-state index contributed by atoms with van der Waals surface area (Å²) in [7, 11) is 0. The number of nitrogens with one attached hydrogen (secondary N) is 1. The second kappa shape index (κ2) is 8.96. The molecule has 1 aliphatic heterocycles. The molecule has 5 rings (SSSR count). The van der Waals surface area contributed by atoms with Crippen LogP contribution in [0.25, 0.3) is 16.4 Å². The Bertz CT molecular complexity index is 1300. The predicted molar refractivity (Wildman–Crippen MR) is 125 cm³/mol. The van der Waals surface area contributed by atoms with E-state index in [-0.39, 0.29) is 11.0 Å². The molecule has 1 N–H and O–H groups in total. The number of nitrogens with zero attached hydrogens (tertiary/aromatic N) is 5. The molecule has 1 aliphatic carbocycles. The molecule has 3 heterocycles. The highest BCUT2D eigenvalue weighted by atomic mass is 32.1. The number of hydrogen-bond donors (Lipinski definition) is 1. The number of rotatable bonds is 5. The number of allylic oxidation sites excluding steroid dienone is 1. The Morgan fingerprint density at radius 2 is 2.03 bits per heavy atom. The van der Waals surface area contributed by atoms with Gasteiger partial charge < -0.3 is 5.32 Å². The number of piperidine rings is 1. The van der Waals surface area contributed by atoms with Crippen LogP contribution in [0.2, 0.25) is 0 Å². The van der Waals surface area contributed by atoms with Crippen molar-refractivity contribution in [2.75, 3.05) is 18.4 Å². The SMILES string of the molecule is Cc1c(CN2CCC(Nc3ncnc4sc(CC(F)(F)F)nc34)CC2)ccc2c1C=C(C#N)C2. The van der Waals surface area contributed by atoms with Gasteiger partial charge in [-0.25, -0.2) is 15.0 Å². The minimum Gasteiger partial charge on any atom is -0.365 e. The van der Waals surface area contributed by atoms with Gasteiger partial charge in [0.05, 0.1) is 12.5 Å². The Kier molecular flexibility index (Phi) is 6.00. The molecule has 0 spiro atoms. The van der Waals surface area contributed by atoms with Crippen LogP contribution in [0.1, 0.15) is 40.1 Å². The Morgan fingerprint density at radius 1 is 1.24 bits per heavy atom. The van der Waals surface area contributed by atoms with Crippen LogP contribution in [0.3, 0.4) is 0 Å². The summed E-state index contributed by atoms with van der Waals surface area (Å²) in [4.78, 5) is 15.4. The van der Waals surface area contributed by atoms with Crippen LogP contribution >= 0.6 is 11.3 Å². The zero-order valence-electron chi connectivity index (χ0n) is 18.6. The van der Waals surface area contributed by atoms with E-state index in [0.717, 1.165) is 55.8 Å². The zero-order valence-corrected chi connectivity index (χ0v) is 19.4. The molecule has 2 aliphatic rings. The Morgan fingerprint density at radius 3 is 2.76 bits per heavy atom. The fraction of sp³-hybridized carbons (Fsp3) is 0.417. The highest BCUT2D eigenvalue weighted by molar-refractivity contribution is 7.18. The van der Waals surface area contributed by atoms with Gasteiger partial charge in [-0.2, -0.15) is 18.4 Å². The topological polar surface area (TPSA) is 77.7 Å². The van der Waals surface area contributed by atoms with Crippen LogP contribution in [0.5, 0.6) is 0 Å². The van der Waals surface area contributed by atoms with Crippen molar-refractivity contribution in [1.29, 1.82) is 5.26 Å². The average Bonchev–Trinajstić information content (AvgIpc) is 3.40. The number of likely N-dealkylation sites (tertiary alicyclic amines) is 1. The third-order valence-corrected chi connectivity index (χ3v) is 7.44. The van der Waals surface area contributed by atoms with Gasteiger partial charge in [-0.15, -0.1) is 0 Å². The molecule has 3 aromatic rings. The predicted octanol–water partition coefficient (Wildman–Crippen LogP) is 5.04.